The van der Waals surface area contributed by atoms with Crippen molar-refractivity contribution >= 4 is 22.5 Å². The average Bonchev–Trinajstić information content (AvgIpc) is 2.89. The quantitative estimate of drug-likeness (QED) is 0.440. The first kappa shape index (κ1) is 15.7. The second kappa shape index (κ2) is 6.11. The van der Waals surface area contributed by atoms with Crippen molar-refractivity contribution in [3.63, 3.8) is 0 Å². The summed E-state index contributed by atoms with van der Waals surface area (Å²) in [6, 6.07) is 10.5. The molecule has 0 fully saturated rings. The molecule has 0 saturated carbocycles. The summed E-state index contributed by atoms with van der Waals surface area (Å²) in [6.45, 7) is 3.16. The summed E-state index contributed by atoms with van der Waals surface area (Å²) in [5, 5.41) is 11.9. The van der Waals surface area contributed by atoms with Crippen LogP contribution in [0.3, 0.4) is 0 Å². The first-order valence-corrected chi connectivity index (χ1v) is 7.32. The number of aromatic amines is 1. The van der Waals surface area contributed by atoms with Crippen LogP contribution < -0.4 is 4.74 Å². The standard InChI is InChI=1S/C17H15N3O4/c1-10-7-8-15(17(18-10)20(22)23)24-9-14(21)16-11(2)19-13-6-4-3-5-12(13)16/h3-8,19H,9H2,1-2H3. The van der Waals surface area contributed by atoms with Crippen LogP contribution in [0, 0.1) is 24.0 Å². The number of benzene rings is 1. The number of pyridine rings is 1. The van der Waals surface area contributed by atoms with Gasteiger partial charge in [-0.2, -0.15) is 0 Å². The van der Waals surface area contributed by atoms with Gasteiger partial charge in [-0.1, -0.05) is 18.2 Å². The number of nitrogens with zero attached hydrogens (tertiary/aromatic N) is 2. The Labute approximate surface area is 137 Å². The van der Waals surface area contributed by atoms with Gasteiger partial charge in [0.05, 0.1) is 0 Å². The average molecular weight is 325 g/mol. The fourth-order valence-electron chi connectivity index (χ4n) is 2.63. The monoisotopic (exact) mass is 325 g/mol. The van der Waals surface area contributed by atoms with Crippen LogP contribution in [0.15, 0.2) is 36.4 Å². The minimum absolute atomic E-state index is 0.0172. The number of Topliss-reactive ketones (excluding diaryl/α,β-unsaturated/α-hetero) is 1. The Balaban J connectivity index is 1.86. The number of H-pyrrole nitrogens is 1. The summed E-state index contributed by atoms with van der Waals surface area (Å²) in [5.74, 6) is -0.658. The van der Waals surface area contributed by atoms with Gasteiger partial charge >= 0.3 is 5.82 Å². The SMILES string of the molecule is Cc1ccc(OCC(=O)c2c(C)[nH]c3ccccc23)c([N+](=O)[O-])n1. The number of para-hydroxylation sites is 1. The number of nitro groups is 1. The van der Waals surface area contributed by atoms with E-state index in [1.807, 2.05) is 31.2 Å². The Kier molecular flexibility index (Phi) is 3.99. The topological polar surface area (TPSA) is 98.1 Å². The van der Waals surface area contributed by atoms with Gasteiger partial charge in [0.25, 0.3) is 0 Å². The molecule has 0 amide bonds. The number of ether oxygens (including phenoxy) is 1. The first-order valence-electron chi connectivity index (χ1n) is 7.32. The maximum atomic E-state index is 12.5. The lowest BCUT2D eigenvalue weighted by Gasteiger charge is -2.06. The molecule has 3 rings (SSSR count). The van der Waals surface area contributed by atoms with Gasteiger partial charge in [-0.05, 0) is 35.0 Å². The Morgan fingerprint density at radius 2 is 2.00 bits per heavy atom. The summed E-state index contributed by atoms with van der Waals surface area (Å²) in [6.07, 6.45) is 0. The van der Waals surface area contributed by atoms with E-state index in [0.717, 1.165) is 16.6 Å². The lowest BCUT2D eigenvalue weighted by atomic mass is 10.1. The summed E-state index contributed by atoms with van der Waals surface area (Å²) in [5.41, 5.74) is 2.64. The van der Waals surface area contributed by atoms with E-state index in [2.05, 4.69) is 9.97 Å². The molecule has 0 spiro atoms. The molecule has 1 N–H and O–H groups in total. The van der Waals surface area contributed by atoms with E-state index < -0.39 is 10.7 Å². The van der Waals surface area contributed by atoms with Crippen LogP contribution in [0.5, 0.6) is 5.75 Å². The minimum Gasteiger partial charge on any atom is -0.477 e. The molecule has 7 heteroatoms. The van der Waals surface area contributed by atoms with E-state index >= 15 is 0 Å². The molecule has 3 aromatic rings. The zero-order valence-electron chi connectivity index (χ0n) is 13.2. The molecule has 7 nitrogen and oxygen atoms in total. The molecule has 1 aromatic carbocycles. The molecule has 0 bridgehead atoms. The summed E-state index contributed by atoms with van der Waals surface area (Å²) < 4.78 is 5.38. The number of aryl methyl sites for hydroxylation is 2. The molecule has 122 valence electrons. The lowest BCUT2D eigenvalue weighted by molar-refractivity contribution is -0.390. The molecule has 2 aromatic heterocycles. The van der Waals surface area contributed by atoms with Gasteiger partial charge in [0.15, 0.2) is 6.61 Å². The van der Waals surface area contributed by atoms with Crippen LogP contribution in [0.1, 0.15) is 21.7 Å². The highest BCUT2D eigenvalue weighted by molar-refractivity contribution is 6.09. The summed E-state index contributed by atoms with van der Waals surface area (Å²) in [4.78, 5) is 29.9. The normalized spacial score (nSPS) is 10.8. The van der Waals surface area contributed by atoms with Gasteiger partial charge in [-0.3, -0.25) is 4.79 Å². The van der Waals surface area contributed by atoms with Crippen molar-refractivity contribution < 1.29 is 14.5 Å². The molecule has 0 unspecified atom stereocenters. The number of carbonyl (C=O) groups excluding carboxylic acids is 1. The highest BCUT2D eigenvalue weighted by Crippen LogP contribution is 2.26. The van der Waals surface area contributed by atoms with Crippen molar-refractivity contribution in [2.75, 3.05) is 6.61 Å². The Bertz CT molecular complexity index is 946. The van der Waals surface area contributed by atoms with Crippen LogP contribution in [0.25, 0.3) is 10.9 Å². The van der Waals surface area contributed by atoms with Gasteiger partial charge < -0.3 is 19.8 Å². The summed E-state index contributed by atoms with van der Waals surface area (Å²) in [7, 11) is 0. The minimum atomic E-state index is -0.621. The molecule has 0 aliphatic rings. The van der Waals surface area contributed by atoms with Crippen LogP contribution >= 0.6 is 0 Å². The van der Waals surface area contributed by atoms with E-state index in [4.69, 9.17) is 4.74 Å². The van der Waals surface area contributed by atoms with E-state index in [9.17, 15) is 14.9 Å². The number of hydrogen-bond acceptors (Lipinski definition) is 5. The van der Waals surface area contributed by atoms with Gasteiger partial charge in [0.2, 0.25) is 11.5 Å². The Morgan fingerprint density at radius 1 is 1.25 bits per heavy atom. The number of aromatic nitrogens is 2. The van der Waals surface area contributed by atoms with Crippen LogP contribution in [-0.4, -0.2) is 27.3 Å². The highest BCUT2D eigenvalue weighted by Gasteiger charge is 2.21. The van der Waals surface area contributed by atoms with Gasteiger partial charge in [0.1, 0.15) is 5.69 Å². The van der Waals surface area contributed by atoms with Crippen LogP contribution in [0.2, 0.25) is 0 Å². The molecule has 0 radical (unpaired) electrons. The second-order valence-corrected chi connectivity index (χ2v) is 5.41. The van der Waals surface area contributed by atoms with Crippen LogP contribution in [-0.2, 0) is 0 Å². The van der Waals surface area contributed by atoms with Crippen molar-refractivity contribution in [3.8, 4) is 5.75 Å². The predicted molar refractivity (Wildman–Crippen MR) is 88.5 cm³/mol. The van der Waals surface area contributed by atoms with Crippen LogP contribution in [0.4, 0.5) is 5.82 Å². The van der Waals surface area contributed by atoms with Crippen molar-refractivity contribution in [3.05, 3.63) is 63.5 Å². The van der Waals surface area contributed by atoms with Gasteiger partial charge in [-0.15, -0.1) is 0 Å². The number of fused-ring (bicyclic) bond motifs is 1. The van der Waals surface area contributed by atoms with E-state index in [1.54, 1.807) is 13.0 Å². The third-order valence-electron chi connectivity index (χ3n) is 3.68. The summed E-state index contributed by atoms with van der Waals surface area (Å²) >= 11 is 0. The third kappa shape index (κ3) is 2.83. The zero-order valence-corrected chi connectivity index (χ0v) is 13.2. The fourth-order valence-corrected chi connectivity index (χ4v) is 2.63. The molecule has 0 saturated heterocycles. The fraction of sp³-hybridized carbons (Fsp3) is 0.176. The van der Waals surface area contributed by atoms with Crippen molar-refractivity contribution in [2.24, 2.45) is 0 Å². The molecule has 0 atom stereocenters. The molecular formula is C17H15N3O4. The van der Waals surface area contributed by atoms with E-state index in [0.29, 0.717) is 11.3 Å². The molecule has 24 heavy (non-hydrogen) atoms. The largest absolute Gasteiger partial charge is 0.477 e. The maximum absolute atomic E-state index is 12.5. The number of ketones is 1. The smallest absolute Gasteiger partial charge is 0.406 e. The highest BCUT2D eigenvalue weighted by atomic mass is 16.6. The van der Waals surface area contributed by atoms with Crippen molar-refractivity contribution in [2.45, 2.75) is 13.8 Å². The first-order chi connectivity index (χ1) is 11.5. The molecule has 0 aliphatic heterocycles. The van der Waals surface area contributed by atoms with E-state index in [-0.39, 0.29) is 18.1 Å². The maximum Gasteiger partial charge on any atom is 0.406 e. The number of nitrogens with one attached hydrogen (secondary N) is 1. The third-order valence-corrected chi connectivity index (χ3v) is 3.68. The van der Waals surface area contributed by atoms with Crippen molar-refractivity contribution in [1.82, 2.24) is 9.97 Å². The second-order valence-electron chi connectivity index (χ2n) is 5.41. The Hall–Kier alpha value is -3.22. The van der Waals surface area contributed by atoms with E-state index in [1.165, 1.54) is 6.07 Å². The number of rotatable bonds is 5. The Morgan fingerprint density at radius 3 is 2.75 bits per heavy atom. The number of carbonyl (C=O) groups is 1. The molecule has 2 heterocycles. The molecular weight excluding hydrogens is 310 g/mol. The zero-order chi connectivity index (χ0) is 17.3. The van der Waals surface area contributed by atoms with Gasteiger partial charge in [-0.25, -0.2) is 0 Å². The lowest BCUT2D eigenvalue weighted by Crippen LogP contribution is -2.13. The predicted octanol–water partition coefficient (Wildman–Crippen LogP) is 3.35. The molecule has 0 aliphatic carbocycles. The van der Waals surface area contributed by atoms with Gasteiger partial charge in [0, 0.05) is 29.1 Å². The van der Waals surface area contributed by atoms with Crippen molar-refractivity contribution in [1.29, 1.82) is 0 Å². The number of hydrogen-bond donors (Lipinski definition) is 1.